The summed E-state index contributed by atoms with van der Waals surface area (Å²) in [5.74, 6) is -0.244. The van der Waals surface area contributed by atoms with Gasteiger partial charge in [0.05, 0.1) is 24.6 Å². The molecule has 2 N–H and O–H groups in total. The van der Waals surface area contributed by atoms with E-state index in [1.807, 2.05) is 0 Å². The molecule has 2 amide bonds. The van der Waals surface area contributed by atoms with Crippen LogP contribution in [0.3, 0.4) is 0 Å². The van der Waals surface area contributed by atoms with Gasteiger partial charge in [-0.3, -0.25) is 4.90 Å². The molecule has 186 valence electrons. The largest absolute Gasteiger partial charge is 0.379 e. The lowest BCUT2D eigenvalue weighted by atomic mass is 10.0. The molecule has 9 heteroatoms. The molecule has 2 aromatic carbocycles. The molecule has 35 heavy (non-hydrogen) atoms. The van der Waals surface area contributed by atoms with Crippen LogP contribution < -0.4 is 15.4 Å². The highest BCUT2D eigenvalue weighted by atomic mass is 32.1. The van der Waals surface area contributed by atoms with E-state index in [4.69, 9.17) is 9.73 Å². The predicted octanol–water partition coefficient (Wildman–Crippen LogP) is 3.97. The second-order valence-corrected chi connectivity index (χ2v) is 9.48. The van der Waals surface area contributed by atoms with Gasteiger partial charge in [0.2, 0.25) is 0 Å². The number of benzene rings is 2. The van der Waals surface area contributed by atoms with E-state index in [2.05, 4.69) is 50.6 Å². The van der Waals surface area contributed by atoms with Crippen LogP contribution in [0.1, 0.15) is 16.7 Å². The molecular formula is C26H32FN5O2S. The number of carbonyl (C=O) groups excluding carboxylic acids is 1. The van der Waals surface area contributed by atoms with E-state index >= 15 is 0 Å². The standard InChI is InChI=1S/C26H32FN5O2S/c1-18-14-20(16-31-10-12-34-13-11-31)4-6-22(18)24-17-35-26(32(24)9-8-29-25(33)28-3)30-21-5-7-23(27)19(2)15-21/h4-7,14-15,17H,8-13,16H2,1-3H3,(H2,28,29,33). The molecule has 0 radical (unpaired) electrons. The number of hydrogen-bond acceptors (Lipinski definition) is 5. The maximum absolute atomic E-state index is 13.7. The van der Waals surface area contributed by atoms with Crippen LogP contribution in [0, 0.1) is 19.7 Å². The molecule has 0 bridgehead atoms. The average Bonchev–Trinajstić information content (AvgIpc) is 3.24. The summed E-state index contributed by atoms with van der Waals surface area (Å²) in [5, 5.41) is 7.53. The molecule has 2 heterocycles. The lowest BCUT2D eigenvalue weighted by Gasteiger charge is -2.26. The lowest BCUT2D eigenvalue weighted by Crippen LogP contribution is -2.36. The summed E-state index contributed by atoms with van der Waals surface area (Å²) >= 11 is 1.53. The number of aromatic nitrogens is 1. The van der Waals surface area contributed by atoms with Gasteiger partial charge in [0.1, 0.15) is 5.82 Å². The van der Waals surface area contributed by atoms with Crippen molar-refractivity contribution in [3.05, 3.63) is 69.1 Å². The molecule has 0 unspecified atom stereocenters. The van der Waals surface area contributed by atoms with Crippen molar-refractivity contribution >= 4 is 23.1 Å². The number of halogens is 1. The van der Waals surface area contributed by atoms with E-state index in [9.17, 15) is 9.18 Å². The number of hydrogen-bond donors (Lipinski definition) is 2. The summed E-state index contributed by atoms with van der Waals surface area (Å²) in [6.45, 7) is 9.27. The molecule has 1 aromatic heterocycles. The van der Waals surface area contributed by atoms with Gasteiger partial charge in [-0.05, 0) is 48.7 Å². The summed E-state index contributed by atoms with van der Waals surface area (Å²) in [4.78, 5) is 19.7. The topological polar surface area (TPSA) is 70.9 Å². The number of morpholine rings is 1. The first-order valence-electron chi connectivity index (χ1n) is 11.8. The van der Waals surface area contributed by atoms with Crippen molar-refractivity contribution in [2.75, 3.05) is 39.9 Å². The zero-order chi connectivity index (χ0) is 24.8. The first-order chi connectivity index (χ1) is 16.9. The zero-order valence-electron chi connectivity index (χ0n) is 20.4. The number of rotatable bonds is 7. The van der Waals surface area contributed by atoms with Crippen LogP contribution >= 0.6 is 11.3 Å². The molecule has 0 saturated carbocycles. The summed E-state index contributed by atoms with van der Waals surface area (Å²) < 4.78 is 21.3. The minimum absolute atomic E-state index is 0.223. The summed E-state index contributed by atoms with van der Waals surface area (Å²) in [6, 6.07) is 11.2. The van der Waals surface area contributed by atoms with Gasteiger partial charge in [-0.2, -0.15) is 0 Å². The smallest absolute Gasteiger partial charge is 0.314 e. The molecular weight excluding hydrogens is 465 g/mol. The fourth-order valence-corrected chi connectivity index (χ4v) is 5.10. The van der Waals surface area contributed by atoms with Crippen LogP contribution in [-0.4, -0.2) is 55.4 Å². The highest BCUT2D eigenvalue weighted by molar-refractivity contribution is 7.07. The zero-order valence-corrected chi connectivity index (χ0v) is 21.3. The maximum atomic E-state index is 13.7. The van der Waals surface area contributed by atoms with Crippen molar-refractivity contribution in [1.82, 2.24) is 20.1 Å². The van der Waals surface area contributed by atoms with Crippen LogP contribution in [0.15, 0.2) is 46.8 Å². The van der Waals surface area contributed by atoms with E-state index in [-0.39, 0.29) is 11.8 Å². The number of nitrogens with zero attached hydrogens (tertiary/aromatic N) is 3. The molecule has 1 aliphatic rings. The molecule has 1 saturated heterocycles. The molecule has 7 nitrogen and oxygen atoms in total. The Labute approximate surface area is 209 Å². The van der Waals surface area contributed by atoms with Crippen molar-refractivity contribution < 1.29 is 13.9 Å². The Balaban J connectivity index is 1.66. The second-order valence-electron chi connectivity index (χ2n) is 8.64. The van der Waals surface area contributed by atoms with Gasteiger partial charge in [0.15, 0.2) is 4.80 Å². The van der Waals surface area contributed by atoms with Gasteiger partial charge in [0, 0.05) is 50.7 Å². The van der Waals surface area contributed by atoms with Crippen LogP contribution in [0.2, 0.25) is 0 Å². The second kappa shape index (κ2) is 11.6. The number of carbonyl (C=O) groups is 1. The highest BCUT2D eigenvalue weighted by Gasteiger charge is 2.14. The predicted molar refractivity (Wildman–Crippen MR) is 137 cm³/mol. The van der Waals surface area contributed by atoms with Gasteiger partial charge >= 0.3 is 6.03 Å². The monoisotopic (exact) mass is 497 g/mol. The first kappa shape index (κ1) is 25.1. The Morgan fingerprint density at radius 3 is 2.66 bits per heavy atom. The quantitative estimate of drug-likeness (QED) is 0.519. The Kier molecular flexibility index (Phi) is 8.33. The molecule has 3 aromatic rings. The van der Waals surface area contributed by atoms with Crippen molar-refractivity contribution in [2.45, 2.75) is 26.9 Å². The van der Waals surface area contributed by atoms with Crippen LogP contribution in [0.5, 0.6) is 0 Å². The average molecular weight is 498 g/mol. The van der Waals surface area contributed by atoms with Gasteiger partial charge in [-0.15, -0.1) is 11.3 Å². The van der Waals surface area contributed by atoms with Gasteiger partial charge < -0.3 is 19.9 Å². The number of thiazole rings is 1. The third-order valence-electron chi connectivity index (χ3n) is 6.09. The van der Waals surface area contributed by atoms with E-state index in [0.717, 1.165) is 48.9 Å². The molecule has 1 aliphatic heterocycles. The van der Waals surface area contributed by atoms with E-state index in [1.165, 1.54) is 28.5 Å². The van der Waals surface area contributed by atoms with Crippen molar-refractivity contribution in [2.24, 2.45) is 4.99 Å². The Morgan fingerprint density at radius 2 is 1.94 bits per heavy atom. The fourth-order valence-electron chi connectivity index (χ4n) is 4.16. The lowest BCUT2D eigenvalue weighted by molar-refractivity contribution is 0.0342. The normalized spacial score (nSPS) is 14.8. The minimum atomic E-state index is -0.244. The number of amides is 2. The first-order valence-corrected chi connectivity index (χ1v) is 12.7. The maximum Gasteiger partial charge on any atom is 0.314 e. The van der Waals surface area contributed by atoms with Crippen LogP contribution in [0.25, 0.3) is 11.3 Å². The molecule has 0 aliphatic carbocycles. The summed E-state index contributed by atoms with van der Waals surface area (Å²) in [7, 11) is 1.60. The van der Waals surface area contributed by atoms with Crippen molar-refractivity contribution in [1.29, 1.82) is 0 Å². The minimum Gasteiger partial charge on any atom is -0.379 e. The van der Waals surface area contributed by atoms with E-state index in [0.29, 0.717) is 24.3 Å². The van der Waals surface area contributed by atoms with Gasteiger partial charge in [-0.25, -0.2) is 14.2 Å². The number of aryl methyl sites for hydroxylation is 2. The van der Waals surface area contributed by atoms with Crippen molar-refractivity contribution in [3.8, 4) is 11.3 Å². The van der Waals surface area contributed by atoms with Crippen molar-refractivity contribution in [3.63, 3.8) is 0 Å². The Morgan fingerprint density at radius 1 is 1.14 bits per heavy atom. The summed E-state index contributed by atoms with van der Waals surface area (Å²) in [6.07, 6.45) is 0. The molecule has 0 spiro atoms. The fraction of sp³-hybridized carbons (Fsp3) is 0.385. The summed E-state index contributed by atoms with van der Waals surface area (Å²) in [5.41, 5.74) is 5.89. The SMILES string of the molecule is CNC(=O)NCCn1c(-c2ccc(CN3CCOCC3)cc2C)csc1=Nc1ccc(F)c(C)c1. The Bertz CT molecular complexity index is 1250. The van der Waals surface area contributed by atoms with E-state index in [1.54, 1.807) is 26.1 Å². The number of ether oxygens (including phenoxy) is 1. The molecule has 4 rings (SSSR count). The highest BCUT2D eigenvalue weighted by Crippen LogP contribution is 2.26. The molecule has 1 fully saturated rings. The third-order valence-corrected chi connectivity index (χ3v) is 6.95. The van der Waals surface area contributed by atoms with Crippen LogP contribution in [0.4, 0.5) is 14.9 Å². The number of nitrogens with one attached hydrogen (secondary N) is 2. The van der Waals surface area contributed by atoms with Gasteiger partial charge in [-0.1, -0.05) is 18.2 Å². The number of urea groups is 1. The third kappa shape index (κ3) is 6.36. The van der Waals surface area contributed by atoms with E-state index < -0.39 is 0 Å². The molecule has 0 atom stereocenters. The van der Waals surface area contributed by atoms with Crippen LogP contribution in [-0.2, 0) is 17.8 Å². The van der Waals surface area contributed by atoms with Gasteiger partial charge in [0.25, 0.3) is 0 Å². The Hall–Kier alpha value is -3.01.